The second kappa shape index (κ2) is 9.70. The molecule has 2 aliphatic rings. The number of carbonyl (C=O) groups excluding carboxylic acids is 1. The first-order valence-corrected chi connectivity index (χ1v) is 11.5. The van der Waals surface area contributed by atoms with Gasteiger partial charge >= 0.3 is 11.9 Å². The molecule has 2 fully saturated rings. The van der Waals surface area contributed by atoms with Crippen LogP contribution in [0.4, 0.5) is 13.2 Å². The van der Waals surface area contributed by atoms with Crippen LogP contribution in [0, 0.1) is 5.92 Å². The third-order valence-electron chi connectivity index (χ3n) is 6.85. The largest absolute Gasteiger partial charge is 0.451 e. The number of aromatic nitrogens is 3. The smallest absolute Gasteiger partial charge is 0.342 e. The molecular formula is C23H30F3N5O2. The summed E-state index contributed by atoms with van der Waals surface area (Å²) in [7, 11) is 1.09. The topological polar surface area (TPSA) is 63.4 Å². The fourth-order valence-corrected chi connectivity index (χ4v) is 4.89. The first-order chi connectivity index (χ1) is 15.7. The number of hydrogen-bond acceptors (Lipinski definition) is 4. The lowest BCUT2D eigenvalue weighted by molar-refractivity contribution is -0.147. The van der Waals surface area contributed by atoms with Crippen molar-refractivity contribution in [3.63, 3.8) is 0 Å². The lowest BCUT2D eigenvalue weighted by Gasteiger charge is -2.35. The maximum Gasteiger partial charge on any atom is 0.451 e. The lowest BCUT2D eigenvalue weighted by Crippen LogP contribution is -2.46. The van der Waals surface area contributed by atoms with Gasteiger partial charge in [0.2, 0.25) is 11.7 Å². The molecule has 1 amide bonds. The van der Waals surface area contributed by atoms with Crippen LogP contribution in [0.5, 0.6) is 0 Å². The summed E-state index contributed by atoms with van der Waals surface area (Å²) in [4.78, 5) is 29.0. The van der Waals surface area contributed by atoms with E-state index in [0.717, 1.165) is 44.1 Å². The maximum atomic E-state index is 13.0. The minimum atomic E-state index is -4.67. The zero-order chi connectivity index (χ0) is 23.6. The molecule has 2 aromatic rings. The van der Waals surface area contributed by atoms with Gasteiger partial charge in [-0.2, -0.15) is 13.2 Å². The Kier molecular flexibility index (Phi) is 6.92. The van der Waals surface area contributed by atoms with Crippen molar-refractivity contribution < 1.29 is 18.0 Å². The van der Waals surface area contributed by atoms with Crippen molar-refractivity contribution in [3.05, 3.63) is 52.2 Å². The van der Waals surface area contributed by atoms with Crippen molar-refractivity contribution in [1.29, 1.82) is 0 Å². The predicted molar refractivity (Wildman–Crippen MR) is 117 cm³/mol. The summed E-state index contributed by atoms with van der Waals surface area (Å²) in [5.74, 6) is -0.493. The highest BCUT2D eigenvalue weighted by molar-refractivity contribution is 5.78. The highest BCUT2D eigenvalue weighted by Crippen LogP contribution is 2.28. The van der Waals surface area contributed by atoms with Gasteiger partial charge in [0.15, 0.2) is 0 Å². The fraction of sp³-hybridized carbons (Fsp3) is 0.609. The van der Waals surface area contributed by atoms with Crippen LogP contribution in [0.1, 0.15) is 43.1 Å². The fourth-order valence-electron chi connectivity index (χ4n) is 4.89. The molecule has 180 valence electrons. The van der Waals surface area contributed by atoms with E-state index in [4.69, 9.17) is 0 Å². The SMILES string of the molecule is Cn1c(C(F)(F)F)nn(C2CCN(CC(=O)N3CCC(Cc4ccccc4)CC3)CC2)c1=O. The Labute approximate surface area is 190 Å². The molecule has 3 heterocycles. The Morgan fingerprint density at radius 1 is 1.03 bits per heavy atom. The van der Waals surface area contributed by atoms with Gasteiger partial charge in [0.1, 0.15) is 0 Å². The summed E-state index contributed by atoms with van der Waals surface area (Å²) in [5.41, 5.74) is 0.578. The van der Waals surface area contributed by atoms with Gasteiger partial charge < -0.3 is 4.90 Å². The Balaban J connectivity index is 1.24. The van der Waals surface area contributed by atoms with Gasteiger partial charge in [-0.15, -0.1) is 5.10 Å². The van der Waals surface area contributed by atoms with E-state index in [1.54, 1.807) is 0 Å². The summed E-state index contributed by atoms with van der Waals surface area (Å²) in [6.45, 7) is 2.92. The van der Waals surface area contributed by atoms with Crippen LogP contribution in [-0.4, -0.2) is 62.8 Å². The molecule has 2 aliphatic heterocycles. The standard InChI is InChI=1S/C23H30F3N5O2/c1-28-21(23(24,25)26)27-31(22(28)33)19-9-11-29(12-10-19)16-20(32)30-13-7-18(8-14-30)15-17-5-3-2-4-6-17/h2-6,18-19H,7-16H2,1H3. The molecule has 0 spiro atoms. The van der Waals surface area contributed by atoms with Crippen LogP contribution in [-0.2, 0) is 24.4 Å². The van der Waals surface area contributed by atoms with Gasteiger partial charge in [-0.05, 0) is 43.6 Å². The Bertz CT molecular complexity index is 1000. The number of hydrogen-bond donors (Lipinski definition) is 0. The number of likely N-dealkylation sites (tertiary alicyclic amines) is 2. The summed E-state index contributed by atoms with van der Waals surface area (Å²) in [5, 5.41) is 3.55. The average Bonchev–Trinajstić information content (AvgIpc) is 3.10. The highest BCUT2D eigenvalue weighted by atomic mass is 19.4. The molecule has 4 rings (SSSR count). The van der Waals surface area contributed by atoms with Crippen LogP contribution >= 0.6 is 0 Å². The Hall–Kier alpha value is -2.62. The van der Waals surface area contributed by atoms with E-state index in [0.29, 0.717) is 43.0 Å². The van der Waals surface area contributed by atoms with E-state index in [2.05, 4.69) is 29.4 Å². The number of alkyl halides is 3. The molecular weight excluding hydrogens is 435 g/mol. The minimum Gasteiger partial charge on any atom is -0.342 e. The molecule has 2 saturated heterocycles. The molecule has 1 aromatic heterocycles. The van der Waals surface area contributed by atoms with Crippen molar-refractivity contribution in [1.82, 2.24) is 24.1 Å². The number of halogens is 3. The normalized spacial score (nSPS) is 19.2. The number of benzene rings is 1. The van der Waals surface area contributed by atoms with E-state index in [-0.39, 0.29) is 11.9 Å². The van der Waals surface area contributed by atoms with Gasteiger partial charge in [-0.25, -0.2) is 9.48 Å². The van der Waals surface area contributed by atoms with Crippen molar-refractivity contribution in [2.45, 2.75) is 44.3 Å². The molecule has 7 nitrogen and oxygen atoms in total. The van der Waals surface area contributed by atoms with E-state index >= 15 is 0 Å². The zero-order valence-electron chi connectivity index (χ0n) is 18.8. The summed E-state index contributed by atoms with van der Waals surface area (Å²) >= 11 is 0. The van der Waals surface area contributed by atoms with Gasteiger partial charge in [0, 0.05) is 33.2 Å². The minimum absolute atomic E-state index is 0.0981. The average molecular weight is 466 g/mol. The molecule has 0 bridgehead atoms. The second-order valence-electron chi connectivity index (χ2n) is 9.13. The molecule has 0 N–H and O–H groups in total. The van der Waals surface area contributed by atoms with Crippen LogP contribution in [0.25, 0.3) is 0 Å². The third-order valence-corrected chi connectivity index (χ3v) is 6.85. The van der Waals surface area contributed by atoms with E-state index in [1.807, 2.05) is 15.9 Å². The lowest BCUT2D eigenvalue weighted by atomic mass is 9.90. The molecule has 0 aliphatic carbocycles. The number of amides is 1. The zero-order valence-corrected chi connectivity index (χ0v) is 18.8. The van der Waals surface area contributed by atoms with Gasteiger partial charge in [-0.1, -0.05) is 30.3 Å². The Morgan fingerprint density at radius 3 is 2.24 bits per heavy atom. The number of carbonyl (C=O) groups is 1. The van der Waals surface area contributed by atoms with Crippen molar-refractivity contribution in [2.24, 2.45) is 13.0 Å². The predicted octanol–water partition coefficient (Wildman–Crippen LogP) is 2.72. The Morgan fingerprint density at radius 2 is 1.67 bits per heavy atom. The molecule has 0 radical (unpaired) electrons. The molecule has 10 heteroatoms. The van der Waals surface area contributed by atoms with Crippen LogP contribution in [0.3, 0.4) is 0 Å². The van der Waals surface area contributed by atoms with Crippen molar-refractivity contribution in [3.8, 4) is 0 Å². The maximum absolute atomic E-state index is 13.0. The first-order valence-electron chi connectivity index (χ1n) is 11.5. The third kappa shape index (κ3) is 5.48. The molecule has 33 heavy (non-hydrogen) atoms. The van der Waals surface area contributed by atoms with Crippen molar-refractivity contribution >= 4 is 5.91 Å². The molecule has 0 unspecified atom stereocenters. The highest BCUT2D eigenvalue weighted by Gasteiger charge is 2.39. The first kappa shape index (κ1) is 23.5. The molecule has 0 saturated carbocycles. The number of rotatable bonds is 5. The summed E-state index contributed by atoms with van der Waals surface area (Å²) in [6, 6.07) is 10.0. The van der Waals surface area contributed by atoms with E-state index in [1.165, 1.54) is 5.56 Å². The number of nitrogens with zero attached hydrogens (tertiary/aromatic N) is 5. The summed E-state index contributed by atoms with van der Waals surface area (Å²) in [6.07, 6.45) is -0.666. The quantitative estimate of drug-likeness (QED) is 0.681. The van der Waals surface area contributed by atoms with E-state index < -0.39 is 17.7 Å². The summed E-state index contributed by atoms with van der Waals surface area (Å²) < 4.78 is 40.6. The molecule has 1 aromatic carbocycles. The van der Waals surface area contributed by atoms with Crippen LogP contribution in [0.15, 0.2) is 35.1 Å². The van der Waals surface area contributed by atoms with Gasteiger partial charge in [0.25, 0.3) is 0 Å². The van der Waals surface area contributed by atoms with Gasteiger partial charge in [0.05, 0.1) is 12.6 Å². The second-order valence-corrected chi connectivity index (χ2v) is 9.13. The molecule has 0 atom stereocenters. The number of piperidine rings is 2. The van der Waals surface area contributed by atoms with Crippen LogP contribution in [0.2, 0.25) is 0 Å². The van der Waals surface area contributed by atoms with Crippen molar-refractivity contribution in [2.75, 3.05) is 32.7 Å². The van der Waals surface area contributed by atoms with Gasteiger partial charge in [-0.3, -0.25) is 14.3 Å². The monoisotopic (exact) mass is 465 g/mol. The van der Waals surface area contributed by atoms with Crippen LogP contribution < -0.4 is 5.69 Å². The van der Waals surface area contributed by atoms with E-state index in [9.17, 15) is 22.8 Å².